The Kier molecular flexibility index (Phi) is 5.59. The van der Waals surface area contributed by atoms with Crippen molar-refractivity contribution in [2.24, 2.45) is 0 Å². The fourth-order valence-corrected chi connectivity index (χ4v) is 1.60. The molecule has 5 heteroatoms. The summed E-state index contributed by atoms with van der Waals surface area (Å²) in [5.41, 5.74) is 0.866. The van der Waals surface area contributed by atoms with E-state index in [2.05, 4.69) is 4.98 Å². The van der Waals surface area contributed by atoms with Gasteiger partial charge < -0.3 is 9.84 Å². The lowest BCUT2D eigenvalue weighted by Gasteiger charge is -2.26. The SMILES string of the molecule is COCCN(CC(=O)O)C(C)c1ccccn1. The van der Waals surface area contributed by atoms with Crippen molar-refractivity contribution < 1.29 is 14.6 Å². The van der Waals surface area contributed by atoms with Gasteiger partial charge in [0.15, 0.2) is 0 Å². The molecule has 0 bridgehead atoms. The molecule has 0 fully saturated rings. The van der Waals surface area contributed by atoms with E-state index in [1.54, 1.807) is 13.3 Å². The highest BCUT2D eigenvalue weighted by atomic mass is 16.5. The van der Waals surface area contributed by atoms with Gasteiger partial charge in [-0.2, -0.15) is 0 Å². The Morgan fingerprint density at radius 1 is 1.59 bits per heavy atom. The molecule has 1 aromatic rings. The Bertz CT molecular complexity index is 343. The predicted molar refractivity (Wildman–Crippen MR) is 63.7 cm³/mol. The van der Waals surface area contributed by atoms with E-state index in [9.17, 15) is 4.79 Å². The predicted octanol–water partition coefficient (Wildman–Crippen LogP) is 1.18. The third-order valence-electron chi connectivity index (χ3n) is 2.58. The van der Waals surface area contributed by atoms with E-state index in [1.165, 1.54) is 0 Å². The highest BCUT2D eigenvalue weighted by molar-refractivity contribution is 5.69. The summed E-state index contributed by atoms with van der Waals surface area (Å²) in [5.74, 6) is -0.844. The van der Waals surface area contributed by atoms with Gasteiger partial charge in [0.2, 0.25) is 0 Å². The van der Waals surface area contributed by atoms with E-state index in [0.717, 1.165) is 5.69 Å². The number of rotatable bonds is 7. The molecule has 0 aliphatic heterocycles. The van der Waals surface area contributed by atoms with Crippen LogP contribution in [-0.4, -0.2) is 47.8 Å². The van der Waals surface area contributed by atoms with Crippen LogP contribution in [0.5, 0.6) is 0 Å². The monoisotopic (exact) mass is 238 g/mol. The first-order valence-electron chi connectivity index (χ1n) is 5.51. The van der Waals surface area contributed by atoms with Gasteiger partial charge in [-0.25, -0.2) is 0 Å². The zero-order valence-corrected chi connectivity index (χ0v) is 10.2. The van der Waals surface area contributed by atoms with Crippen molar-refractivity contribution in [3.63, 3.8) is 0 Å². The second-order valence-corrected chi connectivity index (χ2v) is 3.79. The number of ether oxygens (including phenoxy) is 1. The van der Waals surface area contributed by atoms with Crippen LogP contribution in [0, 0.1) is 0 Å². The van der Waals surface area contributed by atoms with Crippen LogP contribution in [0.2, 0.25) is 0 Å². The molecular weight excluding hydrogens is 220 g/mol. The molecule has 0 spiro atoms. The van der Waals surface area contributed by atoms with Gasteiger partial charge in [-0.1, -0.05) is 6.07 Å². The molecule has 0 saturated carbocycles. The highest BCUT2D eigenvalue weighted by Gasteiger charge is 2.18. The smallest absolute Gasteiger partial charge is 0.317 e. The van der Waals surface area contributed by atoms with Crippen molar-refractivity contribution in [1.29, 1.82) is 0 Å². The largest absolute Gasteiger partial charge is 0.480 e. The van der Waals surface area contributed by atoms with Gasteiger partial charge in [0.25, 0.3) is 0 Å². The van der Waals surface area contributed by atoms with Crippen molar-refractivity contribution in [2.45, 2.75) is 13.0 Å². The highest BCUT2D eigenvalue weighted by Crippen LogP contribution is 2.16. The van der Waals surface area contributed by atoms with E-state index in [1.807, 2.05) is 30.0 Å². The summed E-state index contributed by atoms with van der Waals surface area (Å²) in [7, 11) is 1.60. The van der Waals surface area contributed by atoms with Gasteiger partial charge in [0.1, 0.15) is 0 Å². The van der Waals surface area contributed by atoms with Crippen LogP contribution in [0.4, 0.5) is 0 Å². The number of carboxylic acid groups (broad SMARTS) is 1. The maximum atomic E-state index is 10.8. The zero-order chi connectivity index (χ0) is 12.7. The average molecular weight is 238 g/mol. The summed E-state index contributed by atoms with van der Waals surface area (Å²) in [5, 5.41) is 8.88. The number of pyridine rings is 1. The van der Waals surface area contributed by atoms with E-state index in [4.69, 9.17) is 9.84 Å². The van der Waals surface area contributed by atoms with E-state index in [0.29, 0.717) is 13.2 Å². The van der Waals surface area contributed by atoms with E-state index >= 15 is 0 Å². The second-order valence-electron chi connectivity index (χ2n) is 3.79. The van der Waals surface area contributed by atoms with Crippen molar-refractivity contribution in [2.75, 3.05) is 26.8 Å². The summed E-state index contributed by atoms with van der Waals surface area (Å²) in [4.78, 5) is 16.9. The molecule has 0 amide bonds. The van der Waals surface area contributed by atoms with Crippen molar-refractivity contribution in [1.82, 2.24) is 9.88 Å². The third kappa shape index (κ3) is 4.50. The minimum Gasteiger partial charge on any atom is -0.480 e. The van der Waals surface area contributed by atoms with Gasteiger partial charge in [-0.3, -0.25) is 14.7 Å². The first-order valence-corrected chi connectivity index (χ1v) is 5.51. The molecule has 17 heavy (non-hydrogen) atoms. The number of hydrogen-bond acceptors (Lipinski definition) is 4. The van der Waals surface area contributed by atoms with Crippen molar-refractivity contribution in [3.8, 4) is 0 Å². The fourth-order valence-electron chi connectivity index (χ4n) is 1.60. The van der Waals surface area contributed by atoms with Crippen LogP contribution in [0.1, 0.15) is 18.7 Å². The maximum Gasteiger partial charge on any atom is 0.317 e. The maximum absolute atomic E-state index is 10.8. The van der Waals surface area contributed by atoms with Gasteiger partial charge in [0, 0.05) is 25.9 Å². The van der Waals surface area contributed by atoms with Crippen LogP contribution in [0.15, 0.2) is 24.4 Å². The fraction of sp³-hybridized carbons (Fsp3) is 0.500. The number of aromatic nitrogens is 1. The Morgan fingerprint density at radius 2 is 2.35 bits per heavy atom. The van der Waals surface area contributed by atoms with Crippen LogP contribution < -0.4 is 0 Å². The molecule has 0 aliphatic carbocycles. The van der Waals surface area contributed by atoms with Crippen LogP contribution >= 0.6 is 0 Å². The lowest BCUT2D eigenvalue weighted by Crippen LogP contribution is -2.35. The molecule has 1 atom stereocenters. The number of aliphatic carboxylic acids is 1. The first-order chi connectivity index (χ1) is 8.15. The summed E-state index contributed by atoms with van der Waals surface area (Å²) in [6, 6.07) is 5.59. The quantitative estimate of drug-likeness (QED) is 0.772. The minimum absolute atomic E-state index is 0.0128. The summed E-state index contributed by atoms with van der Waals surface area (Å²) >= 11 is 0. The number of hydrogen-bond donors (Lipinski definition) is 1. The second kappa shape index (κ2) is 6.98. The van der Waals surface area contributed by atoms with Crippen LogP contribution in [0.25, 0.3) is 0 Å². The Labute approximate surface area is 101 Å². The minimum atomic E-state index is -0.844. The molecule has 0 radical (unpaired) electrons. The molecule has 0 saturated heterocycles. The third-order valence-corrected chi connectivity index (χ3v) is 2.58. The van der Waals surface area contributed by atoms with Gasteiger partial charge in [0.05, 0.1) is 18.8 Å². The molecule has 1 aromatic heterocycles. The lowest BCUT2D eigenvalue weighted by molar-refractivity contribution is -0.139. The number of methoxy groups -OCH3 is 1. The number of nitrogens with zero attached hydrogens (tertiary/aromatic N) is 2. The van der Waals surface area contributed by atoms with Gasteiger partial charge >= 0.3 is 5.97 Å². The van der Waals surface area contributed by atoms with Gasteiger partial charge in [-0.15, -0.1) is 0 Å². The lowest BCUT2D eigenvalue weighted by atomic mass is 10.2. The molecule has 0 aromatic carbocycles. The summed E-state index contributed by atoms with van der Waals surface area (Å²) in [6.07, 6.45) is 1.71. The van der Waals surface area contributed by atoms with Crippen molar-refractivity contribution in [3.05, 3.63) is 30.1 Å². The Morgan fingerprint density at radius 3 is 2.88 bits per heavy atom. The first kappa shape index (κ1) is 13.6. The average Bonchev–Trinajstić information content (AvgIpc) is 2.34. The van der Waals surface area contributed by atoms with E-state index in [-0.39, 0.29) is 12.6 Å². The molecule has 5 nitrogen and oxygen atoms in total. The Balaban J connectivity index is 2.71. The molecule has 1 unspecified atom stereocenters. The molecule has 0 aliphatic rings. The Hall–Kier alpha value is -1.46. The van der Waals surface area contributed by atoms with Gasteiger partial charge in [-0.05, 0) is 19.1 Å². The standard InChI is InChI=1S/C12H18N2O3/c1-10(11-5-3-4-6-13-11)14(7-8-17-2)9-12(15)16/h3-6,10H,7-9H2,1-2H3,(H,15,16). The molecule has 1 rings (SSSR count). The normalized spacial score (nSPS) is 12.6. The molecule has 1 N–H and O–H groups in total. The van der Waals surface area contributed by atoms with Crippen molar-refractivity contribution >= 4 is 5.97 Å². The number of carbonyl (C=O) groups is 1. The summed E-state index contributed by atoms with van der Waals surface area (Å²) in [6.45, 7) is 3.01. The molecule has 94 valence electrons. The number of carboxylic acids is 1. The molecule has 1 heterocycles. The zero-order valence-electron chi connectivity index (χ0n) is 10.2. The molecular formula is C12H18N2O3. The topological polar surface area (TPSA) is 62.7 Å². The van der Waals surface area contributed by atoms with E-state index < -0.39 is 5.97 Å². The van der Waals surface area contributed by atoms with Crippen LogP contribution in [-0.2, 0) is 9.53 Å². The summed E-state index contributed by atoms with van der Waals surface area (Å²) < 4.78 is 4.98. The van der Waals surface area contributed by atoms with Crippen LogP contribution in [0.3, 0.4) is 0 Å².